The fourth-order valence-corrected chi connectivity index (χ4v) is 3.95. The molecule has 0 spiro atoms. The quantitative estimate of drug-likeness (QED) is 0.181. The number of carbonyl (C=O) groups excluding carboxylic acids is 1. The fraction of sp³-hybridized carbons (Fsp3) is 0.773. The molecule has 0 heterocycles. The van der Waals surface area contributed by atoms with Crippen molar-refractivity contribution >= 4 is 14.3 Å². The SMILES string of the molecule is C=C[C@H](OC)[C@@H](O[Si](C)(C)C(C)(C)C)[C@H](C)/C=C(/C)COCCC(=O)OCC. The van der Waals surface area contributed by atoms with Gasteiger partial charge in [0.2, 0.25) is 0 Å². The number of rotatable bonds is 13. The Morgan fingerprint density at radius 1 is 1.25 bits per heavy atom. The van der Waals surface area contributed by atoms with E-state index >= 15 is 0 Å². The molecule has 0 N–H and O–H groups in total. The second-order valence-electron chi connectivity index (χ2n) is 8.76. The van der Waals surface area contributed by atoms with Gasteiger partial charge in [-0.1, -0.05) is 45.4 Å². The molecule has 0 aliphatic rings. The minimum absolute atomic E-state index is 0.111. The lowest BCUT2D eigenvalue weighted by atomic mass is 9.97. The van der Waals surface area contributed by atoms with Crippen molar-refractivity contribution in [3.8, 4) is 0 Å². The zero-order valence-corrected chi connectivity index (χ0v) is 20.5. The van der Waals surface area contributed by atoms with E-state index in [1.54, 1.807) is 14.0 Å². The second-order valence-corrected chi connectivity index (χ2v) is 13.5. The van der Waals surface area contributed by atoms with Crippen molar-refractivity contribution in [2.75, 3.05) is 26.9 Å². The summed E-state index contributed by atoms with van der Waals surface area (Å²) < 4.78 is 22.8. The smallest absolute Gasteiger partial charge is 0.308 e. The van der Waals surface area contributed by atoms with Gasteiger partial charge in [0.15, 0.2) is 8.32 Å². The Kier molecular flexibility index (Phi) is 12.1. The molecule has 5 nitrogen and oxygen atoms in total. The Labute approximate surface area is 173 Å². The van der Waals surface area contributed by atoms with E-state index < -0.39 is 8.32 Å². The van der Waals surface area contributed by atoms with E-state index in [0.29, 0.717) is 19.8 Å². The molecule has 6 heteroatoms. The van der Waals surface area contributed by atoms with Gasteiger partial charge < -0.3 is 18.6 Å². The zero-order valence-electron chi connectivity index (χ0n) is 19.5. The second kappa shape index (κ2) is 12.6. The van der Waals surface area contributed by atoms with Gasteiger partial charge in [-0.3, -0.25) is 4.79 Å². The molecular weight excluding hydrogens is 372 g/mol. The van der Waals surface area contributed by atoms with Crippen LogP contribution in [0, 0.1) is 5.92 Å². The predicted octanol–water partition coefficient (Wildman–Crippen LogP) is 5.13. The first kappa shape index (κ1) is 27.0. The molecule has 0 saturated heterocycles. The predicted molar refractivity (Wildman–Crippen MR) is 118 cm³/mol. The third-order valence-corrected chi connectivity index (χ3v) is 9.69. The van der Waals surface area contributed by atoms with Crippen molar-refractivity contribution in [2.24, 2.45) is 5.92 Å². The highest BCUT2D eigenvalue weighted by Crippen LogP contribution is 2.39. The topological polar surface area (TPSA) is 54.0 Å². The highest BCUT2D eigenvalue weighted by Gasteiger charge is 2.41. The maximum absolute atomic E-state index is 11.4. The van der Waals surface area contributed by atoms with Crippen LogP contribution >= 0.6 is 0 Å². The van der Waals surface area contributed by atoms with E-state index in [1.807, 2.05) is 13.0 Å². The summed E-state index contributed by atoms with van der Waals surface area (Å²) in [6.45, 7) is 22.3. The highest BCUT2D eigenvalue weighted by atomic mass is 28.4. The van der Waals surface area contributed by atoms with E-state index in [2.05, 4.69) is 53.4 Å². The van der Waals surface area contributed by atoms with Gasteiger partial charge in [0.1, 0.15) is 6.10 Å². The van der Waals surface area contributed by atoms with Crippen molar-refractivity contribution in [1.82, 2.24) is 0 Å². The molecule has 164 valence electrons. The first-order chi connectivity index (χ1) is 12.9. The van der Waals surface area contributed by atoms with Crippen molar-refractivity contribution in [1.29, 1.82) is 0 Å². The number of methoxy groups -OCH3 is 1. The molecule has 0 rings (SSSR count). The Balaban J connectivity index is 5.03. The van der Waals surface area contributed by atoms with E-state index in [0.717, 1.165) is 5.57 Å². The molecule has 0 radical (unpaired) electrons. The standard InChI is InChI=1S/C22H42O5Si/c1-11-19(24-8)21(27-28(9,10)22(5,6)7)18(4)15-17(3)16-25-14-13-20(23)26-12-2/h11,15,18-19,21H,1,12-14,16H2,2-10H3/b17-15-/t18-,19+,21+/m1/s1. The number of ether oxygens (including phenoxy) is 3. The van der Waals surface area contributed by atoms with Crippen LogP contribution in [0.2, 0.25) is 18.1 Å². The molecule has 0 fully saturated rings. The van der Waals surface area contributed by atoms with Crippen LogP contribution in [0.1, 0.15) is 48.0 Å². The lowest BCUT2D eigenvalue weighted by Crippen LogP contribution is -2.49. The molecule has 0 amide bonds. The van der Waals surface area contributed by atoms with Crippen LogP contribution in [0.5, 0.6) is 0 Å². The Hall–Kier alpha value is -0.953. The lowest BCUT2D eigenvalue weighted by molar-refractivity contribution is -0.144. The van der Waals surface area contributed by atoms with Crippen LogP contribution in [0.25, 0.3) is 0 Å². The van der Waals surface area contributed by atoms with Gasteiger partial charge >= 0.3 is 5.97 Å². The molecule has 0 aliphatic heterocycles. The Bertz CT molecular complexity index is 508. The first-order valence-electron chi connectivity index (χ1n) is 10.1. The fourth-order valence-electron chi connectivity index (χ4n) is 2.57. The van der Waals surface area contributed by atoms with Gasteiger partial charge in [-0.25, -0.2) is 0 Å². The van der Waals surface area contributed by atoms with E-state index in [-0.39, 0.29) is 35.6 Å². The summed E-state index contributed by atoms with van der Waals surface area (Å²) in [5, 5.41) is 0.111. The summed E-state index contributed by atoms with van der Waals surface area (Å²) in [5.74, 6) is -0.0972. The molecule has 0 aromatic heterocycles. The first-order valence-corrected chi connectivity index (χ1v) is 13.0. The maximum atomic E-state index is 11.4. The number of esters is 1. The molecule has 28 heavy (non-hydrogen) atoms. The van der Waals surface area contributed by atoms with Crippen LogP contribution in [-0.2, 0) is 23.4 Å². The normalized spacial score (nSPS) is 16.4. The minimum Gasteiger partial charge on any atom is -0.466 e. The van der Waals surface area contributed by atoms with Crippen LogP contribution in [0.4, 0.5) is 0 Å². The van der Waals surface area contributed by atoms with E-state index in [4.69, 9.17) is 18.6 Å². The molecule has 0 saturated carbocycles. The van der Waals surface area contributed by atoms with Crippen molar-refractivity contribution in [2.45, 2.75) is 78.3 Å². The summed E-state index contributed by atoms with van der Waals surface area (Å²) >= 11 is 0. The molecule has 3 atom stereocenters. The number of carbonyl (C=O) groups is 1. The van der Waals surface area contributed by atoms with Crippen LogP contribution in [0.15, 0.2) is 24.3 Å². The summed E-state index contributed by atoms with van der Waals surface area (Å²) in [7, 11) is -0.278. The van der Waals surface area contributed by atoms with Gasteiger partial charge in [-0.05, 0) is 32.0 Å². The lowest BCUT2D eigenvalue weighted by Gasteiger charge is -2.42. The average Bonchev–Trinajstić information content (AvgIpc) is 2.58. The van der Waals surface area contributed by atoms with Gasteiger partial charge in [0.25, 0.3) is 0 Å². The molecule has 0 aromatic carbocycles. The van der Waals surface area contributed by atoms with Gasteiger partial charge in [0, 0.05) is 13.0 Å². The van der Waals surface area contributed by atoms with E-state index in [9.17, 15) is 4.79 Å². The monoisotopic (exact) mass is 414 g/mol. The summed E-state index contributed by atoms with van der Waals surface area (Å²) in [6, 6.07) is 0. The summed E-state index contributed by atoms with van der Waals surface area (Å²) in [4.78, 5) is 11.4. The molecule has 0 bridgehead atoms. The molecular formula is C22H42O5Si. The maximum Gasteiger partial charge on any atom is 0.308 e. The largest absolute Gasteiger partial charge is 0.466 e. The number of hydrogen-bond acceptors (Lipinski definition) is 5. The minimum atomic E-state index is -1.97. The third kappa shape index (κ3) is 9.50. The Morgan fingerprint density at radius 2 is 1.86 bits per heavy atom. The van der Waals surface area contributed by atoms with Crippen LogP contribution < -0.4 is 0 Å². The molecule has 0 aromatic rings. The zero-order chi connectivity index (χ0) is 22.0. The average molecular weight is 415 g/mol. The summed E-state index contributed by atoms with van der Waals surface area (Å²) in [5.41, 5.74) is 1.10. The van der Waals surface area contributed by atoms with Gasteiger partial charge in [-0.2, -0.15) is 0 Å². The van der Waals surface area contributed by atoms with Gasteiger partial charge in [-0.15, -0.1) is 6.58 Å². The van der Waals surface area contributed by atoms with Crippen LogP contribution in [0.3, 0.4) is 0 Å². The van der Waals surface area contributed by atoms with E-state index in [1.165, 1.54) is 0 Å². The Morgan fingerprint density at radius 3 is 2.32 bits per heavy atom. The highest BCUT2D eigenvalue weighted by molar-refractivity contribution is 6.74. The molecule has 0 aliphatic carbocycles. The van der Waals surface area contributed by atoms with Crippen LogP contribution in [-0.4, -0.2) is 53.4 Å². The summed E-state index contributed by atoms with van der Waals surface area (Å²) in [6.07, 6.45) is 3.96. The molecule has 0 unspecified atom stereocenters. The van der Waals surface area contributed by atoms with Crippen molar-refractivity contribution < 1.29 is 23.4 Å². The number of hydrogen-bond donors (Lipinski definition) is 0. The third-order valence-electron chi connectivity index (χ3n) is 5.22. The van der Waals surface area contributed by atoms with Crippen molar-refractivity contribution in [3.63, 3.8) is 0 Å². The van der Waals surface area contributed by atoms with Crippen molar-refractivity contribution in [3.05, 3.63) is 24.3 Å². The van der Waals surface area contributed by atoms with Gasteiger partial charge in [0.05, 0.1) is 32.3 Å².